The Labute approximate surface area is 133 Å². The molecule has 0 aliphatic carbocycles. The first-order valence-electron chi connectivity index (χ1n) is 6.12. The van der Waals surface area contributed by atoms with E-state index in [-0.39, 0.29) is 17.8 Å². The zero-order valence-electron chi connectivity index (χ0n) is 11.5. The number of carbonyl (C=O) groups excluding carboxylic acids is 2. The first-order chi connectivity index (χ1) is 9.58. The van der Waals surface area contributed by atoms with Crippen LogP contribution in [0.2, 0.25) is 3.93 Å². The molecule has 0 aliphatic rings. The van der Waals surface area contributed by atoms with E-state index in [2.05, 4.69) is 10.2 Å². The van der Waals surface area contributed by atoms with Gasteiger partial charge in [0.05, 0.1) is 0 Å². The van der Waals surface area contributed by atoms with Crippen molar-refractivity contribution in [1.29, 1.82) is 0 Å². The van der Waals surface area contributed by atoms with Crippen LogP contribution in [0.15, 0.2) is 24.3 Å². The average molecular weight is 467 g/mol. The fourth-order valence-electron chi connectivity index (χ4n) is 1.44. The van der Waals surface area contributed by atoms with Crippen molar-refractivity contribution in [2.45, 2.75) is 17.0 Å². The molecule has 1 N–H and O–H groups in total. The Bertz CT molecular complexity index is 462. The van der Waals surface area contributed by atoms with Gasteiger partial charge in [-0.3, -0.25) is 0 Å². The molecule has 1 aromatic rings. The number of hydrogen-bond acceptors (Lipinski definition) is 5. The SMILES string of the molecule is COC([CH2][Hg])CNC(=O)c1ccccc1OOC(C)=O. The number of para-hydroxylation sites is 1. The van der Waals surface area contributed by atoms with Gasteiger partial charge in [0.1, 0.15) is 0 Å². The van der Waals surface area contributed by atoms with Crippen LogP contribution in [-0.4, -0.2) is 31.6 Å². The molecular weight excluding hydrogens is 451 g/mol. The zero-order valence-corrected chi connectivity index (χ0v) is 17.0. The summed E-state index contributed by atoms with van der Waals surface area (Å²) in [7, 11) is 1.63. The van der Waals surface area contributed by atoms with Crippen LogP contribution in [0.4, 0.5) is 0 Å². The van der Waals surface area contributed by atoms with Crippen LogP contribution in [0.3, 0.4) is 0 Å². The standard InChI is InChI=1S/C13H16NO5.Hg/c1-9(17-3)8-14-13(16)11-6-4-5-7-12(11)19-18-10(2)15;/h4-7,9H,1,8H2,2-3H3,(H,14,16);. The van der Waals surface area contributed by atoms with Gasteiger partial charge in [-0.1, -0.05) is 0 Å². The van der Waals surface area contributed by atoms with Crippen LogP contribution >= 0.6 is 0 Å². The van der Waals surface area contributed by atoms with Crippen molar-refractivity contribution in [3.63, 3.8) is 0 Å². The summed E-state index contributed by atoms with van der Waals surface area (Å²) < 4.78 is 6.22. The minimum atomic E-state index is -0.586. The third-order valence-corrected chi connectivity index (χ3v) is 5.03. The Hall–Kier alpha value is -1.14. The van der Waals surface area contributed by atoms with Crippen LogP contribution in [-0.2, 0) is 40.5 Å². The van der Waals surface area contributed by atoms with E-state index >= 15 is 0 Å². The Balaban J connectivity index is 2.69. The van der Waals surface area contributed by atoms with Crippen LogP contribution in [0.1, 0.15) is 17.3 Å². The van der Waals surface area contributed by atoms with Crippen molar-refractivity contribution in [3.8, 4) is 5.75 Å². The van der Waals surface area contributed by atoms with Crippen LogP contribution in [0.25, 0.3) is 0 Å². The molecule has 1 amide bonds. The predicted octanol–water partition coefficient (Wildman–Crippen LogP) is 1.25. The summed E-state index contributed by atoms with van der Waals surface area (Å²) >= 11 is 0.613. The van der Waals surface area contributed by atoms with Crippen LogP contribution < -0.4 is 10.2 Å². The number of nitrogens with one attached hydrogen (secondary N) is 1. The van der Waals surface area contributed by atoms with Gasteiger partial charge in [-0.15, -0.1) is 0 Å². The van der Waals surface area contributed by atoms with E-state index in [0.29, 0.717) is 38.2 Å². The summed E-state index contributed by atoms with van der Waals surface area (Å²) in [6.45, 7) is 1.67. The molecule has 6 nitrogen and oxygen atoms in total. The number of amides is 1. The predicted molar refractivity (Wildman–Crippen MR) is 66.8 cm³/mol. The van der Waals surface area contributed by atoms with Gasteiger partial charge in [0.15, 0.2) is 0 Å². The van der Waals surface area contributed by atoms with Crippen LogP contribution in [0.5, 0.6) is 5.75 Å². The molecule has 0 aliphatic heterocycles. The fraction of sp³-hybridized carbons (Fsp3) is 0.385. The van der Waals surface area contributed by atoms with Gasteiger partial charge in [0, 0.05) is 0 Å². The second kappa shape index (κ2) is 8.91. The third kappa shape index (κ3) is 5.46. The van der Waals surface area contributed by atoms with Crippen molar-refractivity contribution in [3.05, 3.63) is 29.8 Å². The number of hydrogen-bond donors (Lipinski definition) is 1. The molecule has 1 unspecified atom stereocenters. The van der Waals surface area contributed by atoms with E-state index in [0.717, 1.165) is 3.93 Å². The van der Waals surface area contributed by atoms with Gasteiger partial charge in [0.25, 0.3) is 0 Å². The topological polar surface area (TPSA) is 73.9 Å². The van der Waals surface area contributed by atoms with Gasteiger partial charge < -0.3 is 0 Å². The molecule has 105 valence electrons. The number of rotatable bonds is 7. The van der Waals surface area contributed by atoms with E-state index < -0.39 is 5.97 Å². The molecular formula is C13H16HgNO5. The maximum absolute atomic E-state index is 12.1. The Kier molecular flexibility index (Phi) is 7.54. The summed E-state index contributed by atoms with van der Waals surface area (Å²) in [6.07, 6.45) is 0.0452. The van der Waals surface area contributed by atoms with Crippen molar-refractivity contribution in [2.24, 2.45) is 0 Å². The van der Waals surface area contributed by atoms with Gasteiger partial charge in [0.2, 0.25) is 0 Å². The second-order valence-electron chi connectivity index (χ2n) is 4.01. The summed E-state index contributed by atoms with van der Waals surface area (Å²) in [5, 5.41) is 2.78. The average Bonchev–Trinajstić information content (AvgIpc) is 2.46. The number of carbonyl (C=O) groups is 2. The molecule has 0 spiro atoms. The Morgan fingerprint density at radius 3 is 2.65 bits per heavy atom. The van der Waals surface area contributed by atoms with E-state index in [1.807, 2.05) is 0 Å². The van der Waals surface area contributed by atoms with E-state index in [4.69, 9.17) is 9.62 Å². The van der Waals surface area contributed by atoms with Gasteiger partial charge in [-0.25, -0.2) is 0 Å². The molecule has 0 heterocycles. The molecule has 0 bridgehead atoms. The number of benzene rings is 1. The molecule has 0 saturated heterocycles. The summed E-state index contributed by atoms with van der Waals surface area (Å²) in [5.41, 5.74) is 0.307. The van der Waals surface area contributed by atoms with Gasteiger partial charge in [-0.05, 0) is 0 Å². The third-order valence-electron chi connectivity index (χ3n) is 2.53. The summed E-state index contributed by atoms with van der Waals surface area (Å²) in [6, 6.07) is 6.55. The van der Waals surface area contributed by atoms with Crippen molar-refractivity contribution in [1.82, 2.24) is 5.32 Å². The van der Waals surface area contributed by atoms with E-state index in [1.54, 1.807) is 31.4 Å². The molecule has 0 saturated carbocycles. The zero-order chi connectivity index (χ0) is 15.0. The minimum absolute atomic E-state index is 0.0452. The van der Waals surface area contributed by atoms with Gasteiger partial charge in [-0.2, -0.15) is 0 Å². The molecule has 1 atom stereocenters. The molecule has 7 heteroatoms. The van der Waals surface area contributed by atoms with Crippen molar-refractivity contribution >= 4 is 11.9 Å². The van der Waals surface area contributed by atoms with Crippen molar-refractivity contribution < 1.29 is 50.2 Å². The molecule has 0 radical (unpaired) electrons. The molecule has 0 fully saturated rings. The van der Waals surface area contributed by atoms with Gasteiger partial charge >= 0.3 is 134 Å². The summed E-state index contributed by atoms with van der Waals surface area (Å²) in [5.74, 6) is -0.682. The quantitative estimate of drug-likeness (QED) is 0.372. The van der Waals surface area contributed by atoms with E-state index in [1.165, 1.54) is 6.92 Å². The first-order valence-corrected chi connectivity index (χ1v) is 10.0. The Morgan fingerprint density at radius 1 is 1.35 bits per heavy atom. The molecule has 0 aromatic heterocycles. The Morgan fingerprint density at radius 2 is 2.05 bits per heavy atom. The van der Waals surface area contributed by atoms with Crippen molar-refractivity contribution in [2.75, 3.05) is 13.7 Å². The van der Waals surface area contributed by atoms with E-state index in [9.17, 15) is 9.59 Å². The molecule has 20 heavy (non-hydrogen) atoms. The molecule has 1 rings (SSSR count). The fourth-order valence-corrected chi connectivity index (χ4v) is 3.15. The monoisotopic (exact) mass is 468 g/mol. The number of ether oxygens (including phenoxy) is 1. The molecule has 1 aromatic carbocycles. The number of methoxy groups -OCH3 is 1. The maximum atomic E-state index is 12.1. The first kappa shape index (κ1) is 16.9. The summed E-state index contributed by atoms with van der Waals surface area (Å²) in [4.78, 5) is 32.1. The van der Waals surface area contributed by atoms with Crippen LogP contribution in [0, 0.1) is 0 Å². The second-order valence-corrected chi connectivity index (χ2v) is 6.26. The normalized spacial score (nSPS) is 11.6.